The van der Waals surface area contributed by atoms with Gasteiger partial charge in [0.15, 0.2) is 0 Å². The van der Waals surface area contributed by atoms with Crippen molar-refractivity contribution in [3.05, 3.63) is 63.6 Å². The Kier molecular flexibility index (Phi) is 7.53. The molecule has 8 heteroatoms. The van der Waals surface area contributed by atoms with E-state index < -0.39 is 10.0 Å². The molecule has 0 saturated carbocycles. The normalized spacial score (nSPS) is 11.3. The van der Waals surface area contributed by atoms with Crippen LogP contribution in [-0.4, -0.2) is 33.7 Å². The molecule has 2 aromatic rings. The van der Waals surface area contributed by atoms with Crippen LogP contribution >= 0.6 is 23.2 Å². The standard InChI is InChI=1S/C19H22Cl2N2O3S/c1-14-9-10-16(12-18(14)21)23(27(2,25)26)13-19(24)22-11-5-7-15-6-3-4-8-17(15)20/h3-4,6,8-10,12H,5,7,11,13H2,1-2H3,(H,22,24). The number of nitrogens with one attached hydrogen (secondary N) is 1. The van der Waals surface area contributed by atoms with Gasteiger partial charge in [0, 0.05) is 16.6 Å². The van der Waals surface area contributed by atoms with Crippen molar-refractivity contribution in [1.82, 2.24) is 5.32 Å². The van der Waals surface area contributed by atoms with Crippen LogP contribution in [0.15, 0.2) is 42.5 Å². The van der Waals surface area contributed by atoms with Crippen molar-refractivity contribution in [2.24, 2.45) is 0 Å². The Bertz CT molecular complexity index is 917. The van der Waals surface area contributed by atoms with Gasteiger partial charge >= 0.3 is 0 Å². The molecule has 0 atom stereocenters. The maximum absolute atomic E-state index is 12.2. The maximum atomic E-state index is 12.2. The van der Waals surface area contributed by atoms with E-state index in [9.17, 15) is 13.2 Å². The second kappa shape index (κ2) is 9.44. The quantitative estimate of drug-likeness (QED) is 0.649. The van der Waals surface area contributed by atoms with Crippen LogP contribution in [0, 0.1) is 6.92 Å². The number of rotatable bonds is 8. The lowest BCUT2D eigenvalue weighted by Gasteiger charge is -2.22. The minimum Gasteiger partial charge on any atom is -0.355 e. The molecule has 0 aromatic heterocycles. The number of anilines is 1. The fraction of sp³-hybridized carbons (Fsp3) is 0.316. The van der Waals surface area contributed by atoms with Crippen molar-refractivity contribution in [1.29, 1.82) is 0 Å². The first-order valence-electron chi connectivity index (χ1n) is 8.42. The largest absolute Gasteiger partial charge is 0.355 e. The number of nitrogens with zero attached hydrogens (tertiary/aromatic N) is 1. The van der Waals surface area contributed by atoms with Gasteiger partial charge in [-0.25, -0.2) is 8.42 Å². The van der Waals surface area contributed by atoms with Crippen LogP contribution in [0.25, 0.3) is 0 Å². The molecule has 0 spiro atoms. The summed E-state index contributed by atoms with van der Waals surface area (Å²) in [5.41, 5.74) is 2.21. The van der Waals surface area contributed by atoms with E-state index in [1.54, 1.807) is 18.2 Å². The monoisotopic (exact) mass is 428 g/mol. The van der Waals surface area contributed by atoms with Gasteiger partial charge in [0.1, 0.15) is 6.54 Å². The highest BCUT2D eigenvalue weighted by Gasteiger charge is 2.21. The first-order valence-corrected chi connectivity index (χ1v) is 11.0. The van der Waals surface area contributed by atoms with Crippen molar-refractivity contribution in [2.45, 2.75) is 19.8 Å². The summed E-state index contributed by atoms with van der Waals surface area (Å²) in [7, 11) is -3.63. The Labute approximate surface area is 170 Å². The Morgan fingerprint density at radius 2 is 1.81 bits per heavy atom. The molecule has 0 aliphatic heterocycles. The predicted octanol–water partition coefficient (Wildman–Crippen LogP) is 3.82. The molecule has 27 heavy (non-hydrogen) atoms. The fourth-order valence-corrected chi connectivity index (χ4v) is 3.78. The van der Waals surface area contributed by atoms with Crippen LogP contribution in [0.4, 0.5) is 5.69 Å². The van der Waals surface area contributed by atoms with Crippen LogP contribution in [0.3, 0.4) is 0 Å². The second-order valence-electron chi connectivity index (χ2n) is 6.25. The zero-order valence-corrected chi connectivity index (χ0v) is 17.5. The SMILES string of the molecule is Cc1ccc(N(CC(=O)NCCCc2ccccc2Cl)S(C)(=O)=O)cc1Cl. The number of benzene rings is 2. The van der Waals surface area contributed by atoms with Gasteiger partial charge in [0.05, 0.1) is 11.9 Å². The highest BCUT2D eigenvalue weighted by Crippen LogP contribution is 2.24. The number of halogens is 2. The summed E-state index contributed by atoms with van der Waals surface area (Å²) in [5, 5.41) is 3.89. The van der Waals surface area contributed by atoms with Crippen molar-refractivity contribution in [2.75, 3.05) is 23.7 Å². The van der Waals surface area contributed by atoms with E-state index >= 15 is 0 Å². The lowest BCUT2D eigenvalue weighted by atomic mass is 10.1. The van der Waals surface area contributed by atoms with Gasteiger partial charge < -0.3 is 5.32 Å². The van der Waals surface area contributed by atoms with Crippen LogP contribution in [0.2, 0.25) is 10.0 Å². The highest BCUT2D eigenvalue weighted by atomic mass is 35.5. The Balaban J connectivity index is 1.94. The van der Waals surface area contributed by atoms with Gasteiger partial charge in [-0.2, -0.15) is 0 Å². The first-order chi connectivity index (χ1) is 12.7. The molecule has 0 aliphatic rings. The molecule has 0 radical (unpaired) electrons. The summed E-state index contributed by atoms with van der Waals surface area (Å²) in [4.78, 5) is 12.2. The average molecular weight is 429 g/mol. The van der Waals surface area contributed by atoms with E-state index in [0.29, 0.717) is 28.7 Å². The number of carbonyl (C=O) groups is 1. The lowest BCUT2D eigenvalue weighted by Crippen LogP contribution is -2.40. The zero-order valence-electron chi connectivity index (χ0n) is 15.2. The molecule has 2 rings (SSSR count). The fourth-order valence-electron chi connectivity index (χ4n) is 2.53. The van der Waals surface area contributed by atoms with E-state index in [-0.39, 0.29) is 12.5 Å². The van der Waals surface area contributed by atoms with Crippen LogP contribution in [0.5, 0.6) is 0 Å². The third kappa shape index (κ3) is 6.41. The molecule has 0 saturated heterocycles. The average Bonchev–Trinajstić information content (AvgIpc) is 2.59. The summed E-state index contributed by atoms with van der Waals surface area (Å²) >= 11 is 12.2. The Hall–Kier alpha value is -1.76. The number of hydrogen-bond acceptors (Lipinski definition) is 3. The maximum Gasteiger partial charge on any atom is 0.240 e. The zero-order chi connectivity index (χ0) is 20.0. The Morgan fingerprint density at radius 3 is 2.44 bits per heavy atom. The number of amides is 1. The number of aryl methyl sites for hydroxylation is 2. The number of hydrogen-bond donors (Lipinski definition) is 1. The summed E-state index contributed by atoms with van der Waals surface area (Å²) in [6.07, 6.45) is 2.49. The molecule has 1 N–H and O–H groups in total. The first kappa shape index (κ1) is 21.5. The molecule has 0 fully saturated rings. The Morgan fingerprint density at radius 1 is 1.11 bits per heavy atom. The molecule has 0 unspecified atom stereocenters. The molecule has 2 aromatic carbocycles. The molecule has 0 bridgehead atoms. The van der Waals surface area contributed by atoms with E-state index in [1.165, 1.54) is 0 Å². The third-order valence-corrected chi connectivity index (χ3v) is 5.95. The van der Waals surface area contributed by atoms with Gasteiger partial charge in [-0.1, -0.05) is 47.5 Å². The number of carbonyl (C=O) groups excluding carboxylic acids is 1. The highest BCUT2D eigenvalue weighted by molar-refractivity contribution is 7.92. The minimum absolute atomic E-state index is 0.301. The molecule has 1 amide bonds. The second-order valence-corrected chi connectivity index (χ2v) is 8.97. The van der Waals surface area contributed by atoms with E-state index in [2.05, 4.69) is 5.32 Å². The van der Waals surface area contributed by atoms with Crippen molar-refractivity contribution >= 4 is 44.8 Å². The van der Waals surface area contributed by atoms with Crippen LogP contribution in [-0.2, 0) is 21.2 Å². The molecule has 0 aliphatic carbocycles. The lowest BCUT2D eigenvalue weighted by molar-refractivity contribution is -0.119. The minimum atomic E-state index is -3.63. The van der Waals surface area contributed by atoms with E-state index in [4.69, 9.17) is 23.2 Å². The molecular weight excluding hydrogens is 407 g/mol. The molecule has 146 valence electrons. The third-order valence-electron chi connectivity index (χ3n) is 4.03. The van der Waals surface area contributed by atoms with Crippen molar-refractivity contribution < 1.29 is 13.2 Å². The topological polar surface area (TPSA) is 66.5 Å². The smallest absolute Gasteiger partial charge is 0.240 e. The van der Waals surface area contributed by atoms with Crippen LogP contribution in [0.1, 0.15) is 17.5 Å². The van der Waals surface area contributed by atoms with Crippen molar-refractivity contribution in [3.63, 3.8) is 0 Å². The summed E-state index contributed by atoms with van der Waals surface area (Å²) in [6.45, 7) is 1.95. The number of sulfonamides is 1. The molecular formula is C19H22Cl2N2O3S. The molecule has 5 nitrogen and oxygen atoms in total. The molecule has 0 heterocycles. The van der Waals surface area contributed by atoms with Gasteiger partial charge in [0.2, 0.25) is 15.9 Å². The summed E-state index contributed by atoms with van der Waals surface area (Å²) in [6, 6.07) is 12.4. The summed E-state index contributed by atoms with van der Waals surface area (Å²) < 4.78 is 25.3. The van der Waals surface area contributed by atoms with Gasteiger partial charge in [-0.05, 0) is 49.1 Å². The van der Waals surface area contributed by atoms with Gasteiger partial charge in [0.25, 0.3) is 0 Å². The van der Waals surface area contributed by atoms with Crippen LogP contribution < -0.4 is 9.62 Å². The van der Waals surface area contributed by atoms with Gasteiger partial charge in [-0.3, -0.25) is 9.10 Å². The van der Waals surface area contributed by atoms with Crippen molar-refractivity contribution in [3.8, 4) is 0 Å². The van der Waals surface area contributed by atoms with Gasteiger partial charge in [-0.15, -0.1) is 0 Å². The predicted molar refractivity (Wildman–Crippen MR) is 111 cm³/mol. The van der Waals surface area contributed by atoms with E-state index in [0.717, 1.165) is 28.1 Å². The summed E-state index contributed by atoms with van der Waals surface area (Å²) in [5.74, 6) is -0.378. The van der Waals surface area contributed by atoms with E-state index in [1.807, 2.05) is 31.2 Å².